The van der Waals surface area contributed by atoms with E-state index in [1.807, 2.05) is 0 Å². The summed E-state index contributed by atoms with van der Waals surface area (Å²) in [6.07, 6.45) is 5.97. The lowest BCUT2D eigenvalue weighted by Crippen LogP contribution is -2.49. The Kier molecular flexibility index (Phi) is 4.09. The molecule has 1 fully saturated rings. The van der Waals surface area contributed by atoms with Crippen molar-refractivity contribution in [2.24, 2.45) is 5.73 Å². The molecule has 1 aliphatic heterocycles. The molecule has 1 aromatic rings. The zero-order valence-electron chi connectivity index (χ0n) is 13.2. The third-order valence-corrected chi connectivity index (χ3v) is 4.93. The first-order valence-electron chi connectivity index (χ1n) is 7.88. The molecule has 1 heterocycles. The van der Waals surface area contributed by atoms with Gasteiger partial charge >= 0.3 is 0 Å². The van der Waals surface area contributed by atoms with Crippen LogP contribution < -0.4 is 15.2 Å². The Morgan fingerprint density at radius 2 is 1.71 bits per heavy atom. The molecule has 0 saturated heterocycles. The molecule has 1 aliphatic carbocycles. The van der Waals surface area contributed by atoms with Crippen molar-refractivity contribution in [2.75, 3.05) is 27.3 Å². The Bertz CT molecular complexity index is 510. The van der Waals surface area contributed by atoms with Gasteiger partial charge in [0.1, 0.15) is 0 Å². The zero-order chi connectivity index (χ0) is 14.9. The summed E-state index contributed by atoms with van der Waals surface area (Å²) in [6.45, 7) is 3.07. The molecule has 0 unspecified atom stereocenters. The highest BCUT2D eigenvalue weighted by Gasteiger charge is 2.32. The summed E-state index contributed by atoms with van der Waals surface area (Å²) in [7, 11) is 3.38. The van der Waals surface area contributed by atoms with Crippen molar-refractivity contribution in [3.8, 4) is 11.5 Å². The number of hydrogen-bond acceptors (Lipinski definition) is 4. The monoisotopic (exact) mass is 290 g/mol. The van der Waals surface area contributed by atoms with Crippen LogP contribution >= 0.6 is 0 Å². The van der Waals surface area contributed by atoms with Gasteiger partial charge in [-0.2, -0.15) is 0 Å². The summed E-state index contributed by atoms with van der Waals surface area (Å²) < 4.78 is 10.8. The summed E-state index contributed by atoms with van der Waals surface area (Å²) in [4.78, 5) is 2.50. The van der Waals surface area contributed by atoms with Gasteiger partial charge in [-0.15, -0.1) is 0 Å². The molecule has 0 bridgehead atoms. The van der Waals surface area contributed by atoms with E-state index in [2.05, 4.69) is 17.0 Å². The molecule has 1 saturated carbocycles. The van der Waals surface area contributed by atoms with Crippen LogP contribution in [-0.2, 0) is 13.0 Å². The average molecular weight is 290 g/mol. The fraction of sp³-hybridized carbons (Fsp3) is 0.647. The summed E-state index contributed by atoms with van der Waals surface area (Å²) in [6, 6.07) is 4.25. The smallest absolute Gasteiger partial charge is 0.161 e. The molecule has 1 aromatic carbocycles. The van der Waals surface area contributed by atoms with E-state index in [9.17, 15) is 0 Å². The van der Waals surface area contributed by atoms with E-state index in [0.29, 0.717) is 0 Å². The minimum Gasteiger partial charge on any atom is -0.493 e. The lowest BCUT2D eigenvalue weighted by Gasteiger charge is -2.35. The van der Waals surface area contributed by atoms with E-state index in [0.717, 1.165) is 37.6 Å². The van der Waals surface area contributed by atoms with E-state index in [4.69, 9.17) is 15.2 Å². The quantitative estimate of drug-likeness (QED) is 0.924. The van der Waals surface area contributed by atoms with Crippen LogP contribution in [0.25, 0.3) is 0 Å². The lowest BCUT2D eigenvalue weighted by atomic mass is 9.94. The van der Waals surface area contributed by atoms with Gasteiger partial charge in [-0.05, 0) is 42.5 Å². The van der Waals surface area contributed by atoms with Gasteiger partial charge in [-0.1, -0.05) is 12.8 Å². The maximum absolute atomic E-state index is 6.53. The molecule has 0 spiro atoms. The van der Waals surface area contributed by atoms with Gasteiger partial charge in [0.25, 0.3) is 0 Å². The Labute approximate surface area is 127 Å². The summed E-state index contributed by atoms with van der Waals surface area (Å²) in [5, 5.41) is 0. The third-order valence-electron chi connectivity index (χ3n) is 4.93. The Balaban J connectivity index is 1.75. The SMILES string of the molecule is COc1cc2c(cc1OC)CN(CC1(N)CCCC1)CC2. The van der Waals surface area contributed by atoms with E-state index in [1.54, 1.807) is 14.2 Å². The van der Waals surface area contributed by atoms with Crippen LogP contribution in [0.4, 0.5) is 0 Å². The fourth-order valence-corrected chi connectivity index (χ4v) is 3.76. The summed E-state index contributed by atoms with van der Waals surface area (Å²) >= 11 is 0. The lowest BCUT2D eigenvalue weighted by molar-refractivity contribution is 0.193. The standard InChI is InChI=1S/C17H26N2O2/c1-20-15-9-13-5-8-19(11-14(13)10-16(15)21-2)12-17(18)6-3-4-7-17/h9-10H,3-8,11-12,18H2,1-2H3. The van der Waals surface area contributed by atoms with Crippen molar-refractivity contribution in [1.29, 1.82) is 0 Å². The van der Waals surface area contributed by atoms with Gasteiger partial charge in [0.15, 0.2) is 11.5 Å². The van der Waals surface area contributed by atoms with Gasteiger partial charge in [-0.3, -0.25) is 4.90 Å². The Hall–Kier alpha value is -1.26. The van der Waals surface area contributed by atoms with Gasteiger partial charge in [-0.25, -0.2) is 0 Å². The maximum atomic E-state index is 6.53. The Morgan fingerprint density at radius 3 is 2.33 bits per heavy atom. The Morgan fingerprint density at radius 1 is 1.10 bits per heavy atom. The first kappa shape index (κ1) is 14.7. The number of ether oxygens (including phenoxy) is 2. The molecule has 3 rings (SSSR count). The molecular formula is C17H26N2O2. The summed E-state index contributed by atoms with van der Waals surface area (Å²) in [5.74, 6) is 1.65. The molecule has 21 heavy (non-hydrogen) atoms. The first-order chi connectivity index (χ1) is 10.1. The minimum atomic E-state index is 0.0358. The van der Waals surface area contributed by atoms with Crippen LogP contribution in [0.5, 0.6) is 11.5 Å². The van der Waals surface area contributed by atoms with Crippen molar-refractivity contribution in [2.45, 2.75) is 44.2 Å². The third kappa shape index (κ3) is 3.01. The molecule has 0 aromatic heterocycles. The molecule has 4 nitrogen and oxygen atoms in total. The van der Waals surface area contributed by atoms with Crippen LogP contribution in [0.3, 0.4) is 0 Å². The van der Waals surface area contributed by atoms with Gasteiger partial charge in [0.05, 0.1) is 14.2 Å². The van der Waals surface area contributed by atoms with Crippen molar-refractivity contribution >= 4 is 0 Å². The highest BCUT2D eigenvalue weighted by Crippen LogP contribution is 2.34. The van der Waals surface area contributed by atoms with Gasteiger partial charge < -0.3 is 15.2 Å². The number of methoxy groups -OCH3 is 2. The van der Waals surface area contributed by atoms with Crippen LogP contribution in [0.15, 0.2) is 12.1 Å². The predicted molar refractivity (Wildman–Crippen MR) is 83.9 cm³/mol. The topological polar surface area (TPSA) is 47.7 Å². The van der Waals surface area contributed by atoms with Crippen molar-refractivity contribution in [3.63, 3.8) is 0 Å². The van der Waals surface area contributed by atoms with E-state index < -0.39 is 0 Å². The average Bonchev–Trinajstić information content (AvgIpc) is 2.92. The van der Waals surface area contributed by atoms with E-state index >= 15 is 0 Å². The molecule has 0 atom stereocenters. The van der Waals surface area contributed by atoms with Crippen LogP contribution in [0.1, 0.15) is 36.8 Å². The molecular weight excluding hydrogens is 264 g/mol. The largest absolute Gasteiger partial charge is 0.493 e. The number of rotatable bonds is 4. The van der Waals surface area contributed by atoms with Crippen LogP contribution in [0.2, 0.25) is 0 Å². The number of nitrogens with zero attached hydrogens (tertiary/aromatic N) is 1. The predicted octanol–water partition coefficient (Wildman–Crippen LogP) is 2.33. The van der Waals surface area contributed by atoms with Crippen LogP contribution in [0, 0.1) is 0 Å². The second-order valence-electron chi connectivity index (χ2n) is 6.51. The van der Waals surface area contributed by atoms with E-state index in [-0.39, 0.29) is 5.54 Å². The number of fused-ring (bicyclic) bond motifs is 1. The second kappa shape index (κ2) is 5.85. The minimum absolute atomic E-state index is 0.0358. The van der Waals surface area contributed by atoms with Crippen LogP contribution in [-0.4, -0.2) is 37.7 Å². The molecule has 2 aliphatic rings. The number of hydrogen-bond donors (Lipinski definition) is 1. The molecule has 116 valence electrons. The normalized spacial score (nSPS) is 21.1. The molecule has 0 amide bonds. The van der Waals surface area contributed by atoms with Gasteiger partial charge in [0, 0.05) is 25.2 Å². The van der Waals surface area contributed by atoms with Crippen molar-refractivity contribution in [3.05, 3.63) is 23.3 Å². The molecule has 0 radical (unpaired) electrons. The van der Waals surface area contributed by atoms with Gasteiger partial charge in [0.2, 0.25) is 0 Å². The maximum Gasteiger partial charge on any atom is 0.161 e. The summed E-state index contributed by atoms with van der Waals surface area (Å²) in [5.41, 5.74) is 9.28. The highest BCUT2D eigenvalue weighted by molar-refractivity contribution is 5.48. The number of nitrogens with two attached hydrogens (primary N) is 1. The molecule has 2 N–H and O–H groups in total. The first-order valence-corrected chi connectivity index (χ1v) is 7.88. The zero-order valence-corrected chi connectivity index (χ0v) is 13.2. The fourth-order valence-electron chi connectivity index (χ4n) is 3.76. The van der Waals surface area contributed by atoms with E-state index in [1.165, 1.54) is 36.8 Å². The van der Waals surface area contributed by atoms with Crippen molar-refractivity contribution < 1.29 is 9.47 Å². The highest BCUT2D eigenvalue weighted by atomic mass is 16.5. The number of benzene rings is 1. The van der Waals surface area contributed by atoms with Crippen molar-refractivity contribution in [1.82, 2.24) is 4.90 Å². The molecule has 4 heteroatoms. The second-order valence-corrected chi connectivity index (χ2v) is 6.51.